The summed E-state index contributed by atoms with van der Waals surface area (Å²) in [5, 5.41) is 2.63. The molecular weight excluding hydrogens is 232 g/mol. The number of hydrogen-bond acceptors (Lipinski definition) is 4. The van der Waals surface area contributed by atoms with E-state index in [1.807, 2.05) is 30.3 Å². The number of nitrogens with two attached hydrogens (primary N) is 1. The van der Waals surface area contributed by atoms with Crippen molar-refractivity contribution in [1.29, 1.82) is 0 Å². The van der Waals surface area contributed by atoms with E-state index >= 15 is 0 Å². The number of methoxy groups -OCH3 is 1. The molecule has 1 amide bonds. The van der Waals surface area contributed by atoms with Gasteiger partial charge >= 0.3 is 5.97 Å². The van der Waals surface area contributed by atoms with Crippen molar-refractivity contribution >= 4 is 11.9 Å². The fraction of sp³-hybridized carbons (Fsp3) is 0.385. The standard InChI is InChI=1S/C13H18N2O3/c1-18-13(17)7-8-15-12(16)9-11(14)10-5-3-2-4-6-10/h2-6,11H,7-9,14H2,1H3,(H,15,16). The summed E-state index contributed by atoms with van der Waals surface area (Å²) in [5.74, 6) is -0.516. The molecule has 5 nitrogen and oxygen atoms in total. The molecular formula is C13H18N2O3. The topological polar surface area (TPSA) is 81.4 Å². The van der Waals surface area contributed by atoms with Gasteiger partial charge in [0, 0.05) is 19.0 Å². The molecule has 0 saturated carbocycles. The van der Waals surface area contributed by atoms with Gasteiger partial charge in [-0.25, -0.2) is 0 Å². The predicted octanol–water partition coefficient (Wildman–Crippen LogP) is 0.756. The Morgan fingerprint density at radius 1 is 1.33 bits per heavy atom. The minimum atomic E-state index is -0.345. The van der Waals surface area contributed by atoms with Gasteiger partial charge < -0.3 is 15.8 Å². The van der Waals surface area contributed by atoms with Gasteiger partial charge in [-0.2, -0.15) is 0 Å². The van der Waals surface area contributed by atoms with Crippen molar-refractivity contribution < 1.29 is 14.3 Å². The van der Waals surface area contributed by atoms with E-state index in [1.165, 1.54) is 7.11 Å². The Hall–Kier alpha value is -1.88. The zero-order valence-electron chi connectivity index (χ0n) is 10.4. The highest BCUT2D eigenvalue weighted by Crippen LogP contribution is 2.12. The van der Waals surface area contributed by atoms with Crippen LogP contribution in [0, 0.1) is 0 Å². The fourth-order valence-electron chi connectivity index (χ4n) is 1.50. The van der Waals surface area contributed by atoms with Crippen LogP contribution in [0.5, 0.6) is 0 Å². The number of carbonyl (C=O) groups is 2. The van der Waals surface area contributed by atoms with E-state index in [0.717, 1.165) is 5.56 Å². The number of ether oxygens (including phenoxy) is 1. The monoisotopic (exact) mass is 250 g/mol. The summed E-state index contributed by atoms with van der Waals surface area (Å²) in [6, 6.07) is 9.09. The zero-order valence-corrected chi connectivity index (χ0v) is 10.4. The van der Waals surface area contributed by atoms with E-state index in [2.05, 4.69) is 10.1 Å². The van der Waals surface area contributed by atoms with Crippen molar-refractivity contribution in [2.45, 2.75) is 18.9 Å². The first-order chi connectivity index (χ1) is 8.63. The lowest BCUT2D eigenvalue weighted by atomic mass is 10.0. The second-order valence-corrected chi connectivity index (χ2v) is 3.90. The fourth-order valence-corrected chi connectivity index (χ4v) is 1.50. The second kappa shape index (κ2) is 7.45. The summed E-state index contributed by atoms with van der Waals surface area (Å²) in [6.07, 6.45) is 0.369. The second-order valence-electron chi connectivity index (χ2n) is 3.90. The Morgan fingerprint density at radius 2 is 2.00 bits per heavy atom. The van der Waals surface area contributed by atoms with Gasteiger partial charge in [-0.15, -0.1) is 0 Å². The van der Waals surface area contributed by atoms with Gasteiger partial charge in [0.15, 0.2) is 0 Å². The number of amides is 1. The zero-order chi connectivity index (χ0) is 13.4. The van der Waals surface area contributed by atoms with E-state index in [-0.39, 0.29) is 37.3 Å². The summed E-state index contributed by atoms with van der Waals surface area (Å²) in [4.78, 5) is 22.4. The summed E-state index contributed by atoms with van der Waals surface area (Å²) >= 11 is 0. The van der Waals surface area contributed by atoms with Crippen molar-refractivity contribution in [1.82, 2.24) is 5.32 Å². The van der Waals surface area contributed by atoms with E-state index in [9.17, 15) is 9.59 Å². The Kier molecular flexibility index (Phi) is 5.87. The lowest BCUT2D eigenvalue weighted by molar-refractivity contribution is -0.140. The summed E-state index contributed by atoms with van der Waals surface area (Å²) in [6.45, 7) is 0.271. The molecule has 1 aromatic rings. The molecule has 0 aliphatic carbocycles. The minimum Gasteiger partial charge on any atom is -0.469 e. The van der Waals surface area contributed by atoms with E-state index < -0.39 is 0 Å². The Bertz CT molecular complexity index is 392. The van der Waals surface area contributed by atoms with Crippen molar-refractivity contribution in [2.75, 3.05) is 13.7 Å². The quantitative estimate of drug-likeness (QED) is 0.730. The first kappa shape index (κ1) is 14.2. The smallest absolute Gasteiger partial charge is 0.307 e. The molecule has 0 aliphatic heterocycles. The van der Waals surface area contributed by atoms with Gasteiger partial charge in [0.05, 0.1) is 13.5 Å². The third kappa shape index (κ3) is 4.97. The van der Waals surface area contributed by atoms with Crippen LogP contribution in [0.4, 0.5) is 0 Å². The highest BCUT2D eigenvalue weighted by atomic mass is 16.5. The van der Waals surface area contributed by atoms with Crippen molar-refractivity contribution in [3.63, 3.8) is 0 Å². The molecule has 98 valence electrons. The summed E-state index contributed by atoms with van der Waals surface area (Å²) in [7, 11) is 1.31. The van der Waals surface area contributed by atoms with Crippen LogP contribution in [0.2, 0.25) is 0 Å². The first-order valence-corrected chi connectivity index (χ1v) is 5.77. The number of nitrogens with one attached hydrogen (secondary N) is 1. The Morgan fingerprint density at radius 3 is 2.61 bits per heavy atom. The Balaban J connectivity index is 2.30. The van der Waals surface area contributed by atoms with Crippen LogP contribution >= 0.6 is 0 Å². The lowest BCUT2D eigenvalue weighted by Crippen LogP contribution is -2.29. The maximum absolute atomic E-state index is 11.6. The number of hydrogen-bond donors (Lipinski definition) is 2. The van der Waals surface area contributed by atoms with Gasteiger partial charge in [0.2, 0.25) is 5.91 Å². The van der Waals surface area contributed by atoms with E-state index in [0.29, 0.717) is 0 Å². The van der Waals surface area contributed by atoms with Crippen LogP contribution in [0.1, 0.15) is 24.4 Å². The average molecular weight is 250 g/mol. The highest BCUT2D eigenvalue weighted by molar-refractivity contribution is 5.77. The number of esters is 1. The number of carbonyl (C=O) groups excluding carboxylic acids is 2. The molecule has 0 fully saturated rings. The third-order valence-electron chi connectivity index (χ3n) is 2.51. The molecule has 0 bridgehead atoms. The molecule has 0 aromatic heterocycles. The number of rotatable bonds is 6. The van der Waals surface area contributed by atoms with Crippen LogP contribution in [0.25, 0.3) is 0 Å². The molecule has 1 atom stereocenters. The maximum atomic E-state index is 11.6. The Labute approximate surface area is 106 Å². The van der Waals surface area contributed by atoms with E-state index in [1.54, 1.807) is 0 Å². The van der Waals surface area contributed by atoms with Gasteiger partial charge in [-0.05, 0) is 5.56 Å². The van der Waals surface area contributed by atoms with Crippen LogP contribution in [0.3, 0.4) is 0 Å². The molecule has 0 heterocycles. The molecule has 5 heteroatoms. The van der Waals surface area contributed by atoms with Crippen LogP contribution < -0.4 is 11.1 Å². The molecule has 0 spiro atoms. The lowest BCUT2D eigenvalue weighted by Gasteiger charge is -2.11. The third-order valence-corrected chi connectivity index (χ3v) is 2.51. The molecule has 18 heavy (non-hydrogen) atoms. The normalized spacial score (nSPS) is 11.7. The molecule has 0 radical (unpaired) electrons. The maximum Gasteiger partial charge on any atom is 0.307 e. The van der Waals surface area contributed by atoms with Crippen LogP contribution in [0.15, 0.2) is 30.3 Å². The highest BCUT2D eigenvalue weighted by Gasteiger charge is 2.11. The van der Waals surface area contributed by atoms with Gasteiger partial charge in [0.1, 0.15) is 0 Å². The summed E-state index contributed by atoms with van der Waals surface area (Å²) in [5.41, 5.74) is 6.82. The average Bonchev–Trinajstić information content (AvgIpc) is 2.39. The van der Waals surface area contributed by atoms with Crippen molar-refractivity contribution in [2.24, 2.45) is 5.73 Å². The molecule has 1 aromatic carbocycles. The van der Waals surface area contributed by atoms with Crippen molar-refractivity contribution in [3.05, 3.63) is 35.9 Å². The van der Waals surface area contributed by atoms with Gasteiger partial charge in [-0.1, -0.05) is 30.3 Å². The van der Waals surface area contributed by atoms with Gasteiger partial charge in [-0.3, -0.25) is 9.59 Å². The largest absolute Gasteiger partial charge is 0.469 e. The minimum absolute atomic E-state index is 0.169. The first-order valence-electron chi connectivity index (χ1n) is 5.77. The summed E-state index contributed by atoms with van der Waals surface area (Å²) < 4.78 is 4.47. The molecule has 3 N–H and O–H groups in total. The molecule has 1 rings (SSSR count). The SMILES string of the molecule is COC(=O)CCNC(=O)CC(N)c1ccccc1. The molecule has 0 aliphatic rings. The molecule has 0 saturated heterocycles. The molecule has 1 unspecified atom stereocenters. The van der Waals surface area contributed by atoms with Crippen LogP contribution in [-0.2, 0) is 14.3 Å². The number of benzene rings is 1. The van der Waals surface area contributed by atoms with Gasteiger partial charge in [0.25, 0.3) is 0 Å². The van der Waals surface area contributed by atoms with Crippen molar-refractivity contribution in [3.8, 4) is 0 Å². The van der Waals surface area contributed by atoms with Crippen LogP contribution in [-0.4, -0.2) is 25.5 Å². The predicted molar refractivity (Wildman–Crippen MR) is 67.6 cm³/mol. The van der Waals surface area contributed by atoms with E-state index in [4.69, 9.17) is 5.73 Å².